The molecule has 1 aromatic heterocycles. The highest BCUT2D eigenvalue weighted by Crippen LogP contribution is 2.26. The Kier molecular flexibility index (Phi) is 4.73. The second-order valence-corrected chi connectivity index (χ2v) is 7.96. The Morgan fingerprint density at radius 3 is 2.52 bits per heavy atom. The van der Waals surface area contributed by atoms with E-state index in [1.807, 2.05) is 6.92 Å². The molecule has 3 rings (SSSR count). The fourth-order valence-corrected chi connectivity index (χ4v) is 4.30. The maximum atomic E-state index is 12.7. The average molecular weight is 364 g/mol. The highest BCUT2D eigenvalue weighted by Gasteiger charge is 2.30. The average Bonchev–Trinajstić information content (AvgIpc) is 3.11. The van der Waals surface area contributed by atoms with Gasteiger partial charge in [0.2, 0.25) is 10.0 Å². The van der Waals surface area contributed by atoms with Crippen molar-refractivity contribution >= 4 is 15.9 Å². The summed E-state index contributed by atoms with van der Waals surface area (Å²) in [7, 11) is -3.48. The fourth-order valence-electron chi connectivity index (χ4n) is 2.83. The quantitative estimate of drug-likeness (QED) is 0.356. The molecule has 0 amide bonds. The molecule has 1 fully saturated rings. The first-order valence-corrected chi connectivity index (χ1v) is 9.32. The van der Waals surface area contributed by atoms with E-state index in [0.29, 0.717) is 30.8 Å². The maximum absolute atomic E-state index is 12.7. The monoisotopic (exact) mass is 364 g/mol. The second-order valence-electron chi connectivity index (χ2n) is 6.02. The minimum Gasteiger partial charge on any atom is -0.409 e. The van der Waals surface area contributed by atoms with E-state index in [1.54, 1.807) is 35.1 Å². The lowest BCUT2D eigenvalue weighted by molar-refractivity contribution is 0.258. The van der Waals surface area contributed by atoms with Crippen molar-refractivity contribution in [1.29, 1.82) is 0 Å². The molecular weight excluding hydrogens is 344 g/mol. The zero-order valence-corrected chi connectivity index (χ0v) is 14.6. The topological polar surface area (TPSA) is 127 Å². The molecular formula is C15H20N6O3S. The molecule has 9 nitrogen and oxygen atoms in total. The summed E-state index contributed by atoms with van der Waals surface area (Å²) in [5.74, 6) is -0.106. The molecule has 1 aliphatic heterocycles. The van der Waals surface area contributed by atoms with Crippen LogP contribution in [0.5, 0.6) is 0 Å². The summed E-state index contributed by atoms with van der Waals surface area (Å²) in [6.45, 7) is 2.72. The third kappa shape index (κ3) is 3.49. The highest BCUT2D eigenvalue weighted by atomic mass is 32.2. The molecule has 134 valence electrons. The lowest BCUT2D eigenvalue weighted by atomic mass is 10.1. The molecule has 3 N–H and O–H groups in total. The van der Waals surface area contributed by atoms with Crippen molar-refractivity contribution in [3.8, 4) is 0 Å². The van der Waals surface area contributed by atoms with Crippen LogP contribution in [-0.2, 0) is 10.0 Å². The van der Waals surface area contributed by atoms with Crippen molar-refractivity contribution in [2.75, 3.05) is 13.1 Å². The Bertz CT molecular complexity index is 867. The van der Waals surface area contributed by atoms with Crippen molar-refractivity contribution < 1.29 is 13.6 Å². The molecule has 2 heterocycles. The lowest BCUT2D eigenvalue weighted by Gasteiger charge is -2.31. The largest absolute Gasteiger partial charge is 0.409 e. The summed E-state index contributed by atoms with van der Waals surface area (Å²) < 4.78 is 28.5. The van der Waals surface area contributed by atoms with Crippen LogP contribution in [0.1, 0.15) is 30.1 Å². The summed E-state index contributed by atoms with van der Waals surface area (Å²) in [4.78, 5) is 0.312. The Labute approximate surface area is 145 Å². The Hall–Kier alpha value is -2.46. The Morgan fingerprint density at radius 1 is 1.28 bits per heavy atom. The fraction of sp³-hybridized carbons (Fsp3) is 0.400. The van der Waals surface area contributed by atoms with E-state index in [2.05, 4.69) is 15.5 Å². The predicted octanol–water partition coefficient (Wildman–Crippen LogP) is 0.707. The molecule has 0 atom stereocenters. The van der Waals surface area contributed by atoms with Crippen LogP contribution >= 0.6 is 0 Å². The number of aromatic nitrogens is 3. The normalized spacial score (nSPS) is 17.7. The van der Waals surface area contributed by atoms with Crippen LogP contribution in [-0.4, -0.2) is 51.8 Å². The van der Waals surface area contributed by atoms with E-state index >= 15 is 0 Å². The van der Waals surface area contributed by atoms with Crippen molar-refractivity contribution in [2.24, 2.45) is 10.9 Å². The van der Waals surface area contributed by atoms with Crippen LogP contribution in [0, 0.1) is 6.92 Å². The minimum absolute atomic E-state index is 0.0252. The van der Waals surface area contributed by atoms with Crippen LogP contribution in [0.4, 0.5) is 0 Å². The minimum atomic E-state index is -3.48. The van der Waals surface area contributed by atoms with Gasteiger partial charge in [0.15, 0.2) is 11.5 Å². The van der Waals surface area contributed by atoms with Crippen molar-refractivity contribution in [2.45, 2.75) is 30.7 Å². The van der Waals surface area contributed by atoms with Gasteiger partial charge in [-0.05, 0) is 31.9 Å². The molecule has 1 saturated heterocycles. The summed E-state index contributed by atoms with van der Waals surface area (Å²) in [5, 5.41) is 19.4. The van der Waals surface area contributed by atoms with Crippen molar-refractivity contribution in [3.05, 3.63) is 41.7 Å². The van der Waals surface area contributed by atoms with E-state index in [-0.39, 0.29) is 17.6 Å². The van der Waals surface area contributed by atoms with Crippen LogP contribution in [0.2, 0.25) is 0 Å². The van der Waals surface area contributed by atoms with Gasteiger partial charge in [0.25, 0.3) is 0 Å². The number of aryl methyl sites for hydroxylation is 1. The van der Waals surface area contributed by atoms with Crippen LogP contribution in [0.15, 0.2) is 40.5 Å². The zero-order valence-electron chi connectivity index (χ0n) is 13.8. The van der Waals surface area contributed by atoms with Gasteiger partial charge in [-0.15, -0.1) is 5.10 Å². The van der Waals surface area contributed by atoms with Gasteiger partial charge in [0.05, 0.1) is 17.1 Å². The molecule has 0 unspecified atom stereocenters. The maximum Gasteiger partial charge on any atom is 0.243 e. The molecule has 10 heteroatoms. The first-order chi connectivity index (χ1) is 11.9. The molecule has 2 aromatic rings. The number of rotatable bonds is 4. The van der Waals surface area contributed by atoms with E-state index in [9.17, 15) is 8.42 Å². The van der Waals surface area contributed by atoms with Gasteiger partial charge in [-0.2, -0.15) is 4.31 Å². The number of nitrogens with two attached hydrogens (primary N) is 1. The molecule has 0 spiro atoms. The van der Waals surface area contributed by atoms with Crippen LogP contribution < -0.4 is 5.73 Å². The zero-order chi connectivity index (χ0) is 18.0. The number of oxime groups is 1. The second kappa shape index (κ2) is 6.81. The molecule has 0 saturated carbocycles. The molecule has 1 aliphatic rings. The molecule has 25 heavy (non-hydrogen) atoms. The standard InChI is InChI=1S/C15H20N6O3S/c1-11-2-4-13(5-3-11)25(23,24)20-8-6-12(7-9-20)21-10-14(17-19-21)15(16)18-22/h2-5,10,12,22H,6-9H2,1H3,(H2,16,18). The number of benzene rings is 1. The number of amidine groups is 1. The molecule has 0 bridgehead atoms. The summed E-state index contributed by atoms with van der Waals surface area (Å²) >= 11 is 0. The smallest absolute Gasteiger partial charge is 0.243 e. The molecule has 0 aliphatic carbocycles. The van der Waals surface area contributed by atoms with E-state index in [4.69, 9.17) is 10.9 Å². The number of nitrogens with zero attached hydrogens (tertiary/aromatic N) is 5. The van der Waals surface area contributed by atoms with E-state index < -0.39 is 10.0 Å². The molecule has 1 aromatic carbocycles. The van der Waals surface area contributed by atoms with Gasteiger partial charge in [-0.3, -0.25) is 0 Å². The van der Waals surface area contributed by atoms with Crippen LogP contribution in [0.25, 0.3) is 0 Å². The highest BCUT2D eigenvalue weighted by molar-refractivity contribution is 7.89. The Balaban J connectivity index is 1.69. The number of sulfonamides is 1. The van der Waals surface area contributed by atoms with E-state index in [0.717, 1.165) is 5.56 Å². The van der Waals surface area contributed by atoms with Gasteiger partial charge in [-0.1, -0.05) is 28.1 Å². The first-order valence-electron chi connectivity index (χ1n) is 7.88. The number of hydrogen-bond donors (Lipinski definition) is 2. The summed E-state index contributed by atoms with van der Waals surface area (Å²) in [5.41, 5.74) is 6.80. The lowest BCUT2D eigenvalue weighted by Crippen LogP contribution is -2.39. The predicted molar refractivity (Wildman–Crippen MR) is 90.7 cm³/mol. The van der Waals surface area contributed by atoms with Gasteiger partial charge in [0, 0.05) is 13.1 Å². The van der Waals surface area contributed by atoms with Gasteiger partial charge < -0.3 is 10.9 Å². The van der Waals surface area contributed by atoms with Gasteiger partial charge >= 0.3 is 0 Å². The van der Waals surface area contributed by atoms with Gasteiger partial charge in [-0.25, -0.2) is 13.1 Å². The van der Waals surface area contributed by atoms with Crippen molar-refractivity contribution in [1.82, 2.24) is 19.3 Å². The summed E-state index contributed by atoms with van der Waals surface area (Å²) in [6, 6.07) is 6.89. The SMILES string of the molecule is Cc1ccc(S(=O)(=O)N2CCC(n3cc(/C(N)=N/O)nn3)CC2)cc1. The van der Waals surface area contributed by atoms with E-state index in [1.165, 1.54) is 4.31 Å². The molecule has 0 radical (unpaired) electrons. The third-order valence-corrected chi connectivity index (χ3v) is 6.25. The Morgan fingerprint density at radius 2 is 1.92 bits per heavy atom. The van der Waals surface area contributed by atoms with Crippen molar-refractivity contribution in [3.63, 3.8) is 0 Å². The third-order valence-electron chi connectivity index (χ3n) is 4.34. The summed E-state index contributed by atoms with van der Waals surface area (Å²) in [6.07, 6.45) is 2.83. The first kappa shape index (κ1) is 17.4. The van der Waals surface area contributed by atoms with Gasteiger partial charge in [0.1, 0.15) is 0 Å². The number of hydrogen-bond acceptors (Lipinski definition) is 6. The van der Waals surface area contributed by atoms with Crippen LogP contribution in [0.3, 0.4) is 0 Å². The number of piperidine rings is 1.